The Bertz CT molecular complexity index is 810. The third-order valence-corrected chi connectivity index (χ3v) is 6.95. The van der Waals surface area contributed by atoms with Crippen LogP contribution >= 0.6 is 11.6 Å². The van der Waals surface area contributed by atoms with Crippen molar-refractivity contribution in [1.29, 1.82) is 0 Å². The molecule has 0 heterocycles. The Morgan fingerprint density at radius 3 is 2.46 bits per heavy atom. The summed E-state index contributed by atoms with van der Waals surface area (Å²) in [4.78, 5) is 13.2. The van der Waals surface area contributed by atoms with Crippen molar-refractivity contribution >= 4 is 34.0 Å². The zero-order valence-electron chi connectivity index (χ0n) is 13.7. The first-order valence-corrected chi connectivity index (χ1v) is 9.41. The van der Waals surface area contributed by atoms with Gasteiger partial charge in [-0.1, -0.05) is 36.4 Å². The molecule has 2 unspecified atom stereocenters. The number of carbonyl (C=O) groups is 1. The zero-order chi connectivity index (χ0) is 16.4. The fraction of sp³-hybridized carbons (Fsp3) is 0.476. The molecular formula is C21H22ClNO. The van der Waals surface area contributed by atoms with Crippen molar-refractivity contribution < 1.29 is 4.79 Å². The molecule has 2 aromatic carbocycles. The third-order valence-electron chi connectivity index (χ3n) is 6.51. The molecule has 2 aromatic rings. The minimum absolute atomic E-state index is 0.125. The predicted molar refractivity (Wildman–Crippen MR) is 98.3 cm³/mol. The average molecular weight is 340 g/mol. The summed E-state index contributed by atoms with van der Waals surface area (Å²) in [6, 6.07) is 14.3. The number of hydrogen-bond donors (Lipinski definition) is 1. The molecule has 0 radical (unpaired) electrons. The van der Waals surface area contributed by atoms with Crippen molar-refractivity contribution in [2.75, 3.05) is 5.32 Å². The van der Waals surface area contributed by atoms with Crippen LogP contribution in [-0.2, 0) is 4.79 Å². The fourth-order valence-corrected chi connectivity index (χ4v) is 6.70. The summed E-state index contributed by atoms with van der Waals surface area (Å²) in [5.74, 6) is 1.47. The monoisotopic (exact) mass is 339 g/mol. The number of alkyl halides is 1. The van der Waals surface area contributed by atoms with Crippen molar-refractivity contribution in [3.63, 3.8) is 0 Å². The second-order valence-corrected chi connectivity index (χ2v) is 9.17. The van der Waals surface area contributed by atoms with Crippen LogP contribution < -0.4 is 5.32 Å². The molecule has 4 aliphatic rings. The maximum absolute atomic E-state index is 13.3. The van der Waals surface area contributed by atoms with Crippen LogP contribution in [0.1, 0.15) is 38.5 Å². The van der Waals surface area contributed by atoms with Gasteiger partial charge in [-0.25, -0.2) is 0 Å². The van der Waals surface area contributed by atoms with Crippen molar-refractivity contribution in [3.05, 3.63) is 42.5 Å². The first kappa shape index (κ1) is 14.8. The summed E-state index contributed by atoms with van der Waals surface area (Å²) in [6.45, 7) is 0. The van der Waals surface area contributed by atoms with Gasteiger partial charge in [0.15, 0.2) is 0 Å². The van der Waals surface area contributed by atoms with E-state index < -0.39 is 0 Å². The van der Waals surface area contributed by atoms with E-state index in [1.807, 2.05) is 24.3 Å². The number of carbonyl (C=O) groups excluding carboxylic acids is 1. The van der Waals surface area contributed by atoms with Crippen LogP contribution in [0.2, 0.25) is 0 Å². The summed E-state index contributed by atoms with van der Waals surface area (Å²) in [5.41, 5.74) is 0.681. The van der Waals surface area contributed by atoms with Crippen LogP contribution in [0.3, 0.4) is 0 Å². The molecule has 4 fully saturated rings. The van der Waals surface area contributed by atoms with Crippen LogP contribution in [0.4, 0.5) is 5.69 Å². The lowest BCUT2D eigenvalue weighted by molar-refractivity contribution is -0.138. The van der Waals surface area contributed by atoms with Gasteiger partial charge in [0.2, 0.25) is 5.91 Å². The first-order chi connectivity index (χ1) is 11.6. The van der Waals surface area contributed by atoms with E-state index in [-0.39, 0.29) is 16.2 Å². The Morgan fingerprint density at radius 2 is 1.71 bits per heavy atom. The van der Waals surface area contributed by atoms with Gasteiger partial charge in [0.1, 0.15) is 0 Å². The predicted octanol–water partition coefficient (Wildman–Crippen LogP) is 5.36. The normalized spacial score (nSPS) is 36.9. The largest absolute Gasteiger partial charge is 0.325 e. The summed E-state index contributed by atoms with van der Waals surface area (Å²) >= 11 is 6.88. The molecule has 4 atom stereocenters. The Hall–Kier alpha value is -1.54. The molecule has 4 bridgehead atoms. The number of nitrogens with one attached hydrogen (secondary N) is 1. The molecule has 0 aliphatic heterocycles. The highest BCUT2D eigenvalue weighted by Gasteiger charge is 2.60. The van der Waals surface area contributed by atoms with Gasteiger partial charge in [-0.15, -0.1) is 11.6 Å². The van der Waals surface area contributed by atoms with E-state index in [0.717, 1.165) is 48.6 Å². The minimum Gasteiger partial charge on any atom is -0.325 e. The van der Waals surface area contributed by atoms with E-state index >= 15 is 0 Å². The number of benzene rings is 2. The Labute approximate surface area is 147 Å². The second kappa shape index (κ2) is 4.98. The van der Waals surface area contributed by atoms with E-state index in [1.165, 1.54) is 6.42 Å². The quantitative estimate of drug-likeness (QED) is 0.733. The Balaban J connectivity index is 1.48. The standard InChI is InChI=1S/C21H22ClNO/c22-21-11-14-8-15(12-21)10-20(9-14,13-21)19(24)23-18-7-3-5-16-4-1-2-6-17(16)18/h1-7,14-15H,8-13H2,(H,23,24)/t14-,15+,20?,21?. The molecule has 1 N–H and O–H groups in total. The van der Waals surface area contributed by atoms with Gasteiger partial charge < -0.3 is 5.32 Å². The van der Waals surface area contributed by atoms with Crippen LogP contribution in [0, 0.1) is 17.3 Å². The van der Waals surface area contributed by atoms with Gasteiger partial charge in [0, 0.05) is 15.9 Å². The summed E-state index contributed by atoms with van der Waals surface area (Å²) in [7, 11) is 0. The van der Waals surface area contributed by atoms with Gasteiger partial charge in [-0.3, -0.25) is 4.79 Å². The number of rotatable bonds is 2. The molecule has 124 valence electrons. The van der Waals surface area contributed by atoms with Gasteiger partial charge in [0.25, 0.3) is 0 Å². The molecule has 2 nitrogen and oxygen atoms in total. The van der Waals surface area contributed by atoms with Gasteiger partial charge in [-0.2, -0.15) is 0 Å². The van der Waals surface area contributed by atoms with Crippen molar-refractivity contribution in [2.45, 2.75) is 43.4 Å². The first-order valence-electron chi connectivity index (χ1n) is 9.04. The smallest absolute Gasteiger partial charge is 0.230 e. The lowest BCUT2D eigenvalue weighted by atomic mass is 9.49. The maximum atomic E-state index is 13.3. The molecule has 6 rings (SSSR count). The number of hydrogen-bond acceptors (Lipinski definition) is 1. The van der Waals surface area contributed by atoms with Gasteiger partial charge >= 0.3 is 0 Å². The SMILES string of the molecule is O=C(Nc1cccc2ccccc12)C12C[C@@H]3C[C@@H](CC(Cl)(C3)C1)C2. The highest BCUT2D eigenvalue weighted by atomic mass is 35.5. The second-order valence-electron chi connectivity index (χ2n) is 8.37. The molecule has 4 saturated carbocycles. The molecule has 0 aromatic heterocycles. The highest BCUT2D eigenvalue weighted by Crippen LogP contribution is 2.64. The number of halogens is 1. The minimum atomic E-state index is -0.247. The molecular weight excluding hydrogens is 318 g/mol. The average Bonchev–Trinajstić information content (AvgIpc) is 2.53. The van der Waals surface area contributed by atoms with Crippen molar-refractivity contribution in [3.8, 4) is 0 Å². The van der Waals surface area contributed by atoms with Crippen molar-refractivity contribution in [1.82, 2.24) is 0 Å². The Morgan fingerprint density at radius 1 is 1.00 bits per heavy atom. The maximum Gasteiger partial charge on any atom is 0.230 e. The zero-order valence-corrected chi connectivity index (χ0v) is 14.5. The van der Waals surface area contributed by atoms with E-state index in [9.17, 15) is 4.79 Å². The third kappa shape index (κ3) is 2.19. The molecule has 4 aliphatic carbocycles. The Kier molecular flexibility index (Phi) is 3.07. The fourth-order valence-electron chi connectivity index (χ4n) is 6.01. The van der Waals surface area contributed by atoms with Crippen molar-refractivity contribution in [2.24, 2.45) is 17.3 Å². The van der Waals surface area contributed by atoms with Crippen LogP contribution in [0.25, 0.3) is 10.8 Å². The molecule has 1 amide bonds. The molecule has 24 heavy (non-hydrogen) atoms. The molecule has 0 spiro atoms. The van der Waals surface area contributed by atoms with Crippen LogP contribution in [-0.4, -0.2) is 10.8 Å². The summed E-state index contributed by atoms with van der Waals surface area (Å²) in [6.07, 6.45) is 6.38. The number of fused-ring (bicyclic) bond motifs is 1. The summed E-state index contributed by atoms with van der Waals surface area (Å²) in [5, 5.41) is 5.53. The molecule has 3 heteroatoms. The van der Waals surface area contributed by atoms with E-state index in [4.69, 9.17) is 11.6 Å². The highest BCUT2D eigenvalue weighted by molar-refractivity contribution is 6.24. The topological polar surface area (TPSA) is 29.1 Å². The summed E-state index contributed by atoms with van der Waals surface area (Å²) < 4.78 is 0. The lowest BCUT2D eigenvalue weighted by Gasteiger charge is -2.59. The van der Waals surface area contributed by atoms with Crippen LogP contribution in [0.15, 0.2) is 42.5 Å². The van der Waals surface area contributed by atoms with E-state index in [2.05, 4.69) is 23.5 Å². The van der Waals surface area contributed by atoms with E-state index in [0.29, 0.717) is 11.8 Å². The molecule has 0 saturated heterocycles. The van der Waals surface area contributed by atoms with Gasteiger partial charge in [-0.05, 0) is 61.8 Å². The number of amides is 1. The van der Waals surface area contributed by atoms with Gasteiger partial charge in [0.05, 0.1) is 5.41 Å². The van der Waals surface area contributed by atoms with Crippen LogP contribution in [0.5, 0.6) is 0 Å². The van der Waals surface area contributed by atoms with E-state index in [1.54, 1.807) is 0 Å². The number of anilines is 1. The lowest BCUT2D eigenvalue weighted by Crippen LogP contribution is -2.57.